The molecule has 0 atom stereocenters. The third-order valence-electron chi connectivity index (χ3n) is 4.45. The summed E-state index contributed by atoms with van der Waals surface area (Å²) in [6.07, 6.45) is 1.09. The number of amides is 1. The maximum Gasteiger partial charge on any atom is 0.231 e. The molecule has 0 saturated heterocycles. The van der Waals surface area contributed by atoms with Crippen LogP contribution in [0, 0.1) is 0 Å². The van der Waals surface area contributed by atoms with Gasteiger partial charge in [0.25, 0.3) is 0 Å². The Kier molecular flexibility index (Phi) is 5.89. The monoisotopic (exact) mass is 369 g/mol. The first-order valence-electron chi connectivity index (χ1n) is 9.31. The van der Waals surface area contributed by atoms with Gasteiger partial charge in [-0.05, 0) is 41.2 Å². The molecule has 2 aromatic rings. The minimum absolute atomic E-state index is 0.0142. The molecule has 5 nitrogen and oxygen atoms in total. The van der Waals surface area contributed by atoms with Gasteiger partial charge in [-0.1, -0.05) is 45.0 Å². The number of carbonyl (C=O) groups excluding carboxylic acids is 1. The van der Waals surface area contributed by atoms with Crippen LogP contribution in [0.1, 0.15) is 38.3 Å². The van der Waals surface area contributed by atoms with Gasteiger partial charge in [0.2, 0.25) is 12.7 Å². The molecular weight excluding hydrogens is 342 g/mol. The van der Waals surface area contributed by atoms with Crippen molar-refractivity contribution < 1.29 is 19.0 Å². The number of fused-ring (bicyclic) bond motifs is 1. The van der Waals surface area contributed by atoms with Gasteiger partial charge in [-0.15, -0.1) is 0 Å². The molecule has 3 rings (SSSR count). The zero-order chi connectivity index (χ0) is 19.3. The second-order valence-electron chi connectivity index (χ2n) is 7.63. The van der Waals surface area contributed by atoms with Crippen LogP contribution in [0.5, 0.6) is 17.2 Å². The lowest BCUT2D eigenvalue weighted by Crippen LogP contribution is -2.28. The highest BCUT2D eigenvalue weighted by Crippen LogP contribution is 2.33. The molecule has 0 aromatic heterocycles. The number of benzene rings is 2. The average molecular weight is 369 g/mol. The van der Waals surface area contributed by atoms with Gasteiger partial charge < -0.3 is 19.5 Å². The normalized spacial score (nSPS) is 12.7. The van der Waals surface area contributed by atoms with Gasteiger partial charge in [0.1, 0.15) is 12.4 Å². The van der Waals surface area contributed by atoms with Crippen molar-refractivity contribution in [2.24, 2.45) is 0 Å². The van der Waals surface area contributed by atoms with Crippen LogP contribution in [0.15, 0.2) is 42.5 Å². The summed E-state index contributed by atoms with van der Waals surface area (Å²) in [5.41, 5.74) is 2.24. The Labute approximate surface area is 160 Å². The number of rotatable bonds is 7. The van der Waals surface area contributed by atoms with Crippen LogP contribution in [0.25, 0.3) is 0 Å². The maximum atomic E-state index is 12.1. The van der Waals surface area contributed by atoms with E-state index in [1.165, 1.54) is 5.56 Å². The van der Waals surface area contributed by atoms with E-state index in [1.807, 2.05) is 36.4 Å². The molecule has 1 aliphatic heterocycles. The first-order valence-corrected chi connectivity index (χ1v) is 9.31. The summed E-state index contributed by atoms with van der Waals surface area (Å²) in [4.78, 5) is 12.1. The third kappa shape index (κ3) is 5.16. The second-order valence-corrected chi connectivity index (χ2v) is 7.63. The lowest BCUT2D eigenvalue weighted by molar-refractivity contribution is -0.121. The zero-order valence-electron chi connectivity index (χ0n) is 16.2. The van der Waals surface area contributed by atoms with Crippen molar-refractivity contribution in [3.05, 3.63) is 53.6 Å². The van der Waals surface area contributed by atoms with Crippen LogP contribution in [0.3, 0.4) is 0 Å². The number of hydrogen-bond donors (Lipinski definition) is 1. The number of nitrogens with one attached hydrogen (secondary N) is 1. The molecule has 0 bridgehead atoms. The SMILES string of the molecule is CC(C)(C)c1ccccc1OCCNC(=O)CCc1ccc2c(c1)OCO2. The Morgan fingerprint density at radius 3 is 2.70 bits per heavy atom. The average Bonchev–Trinajstić information content (AvgIpc) is 3.11. The predicted molar refractivity (Wildman–Crippen MR) is 105 cm³/mol. The lowest BCUT2D eigenvalue weighted by atomic mass is 9.86. The van der Waals surface area contributed by atoms with E-state index in [2.05, 4.69) is 32.2 Å². The van der Waals surface area contributed by atoms with Gasteiger partial charge >= 0.3 is 0 Å². The van der Waals surface area contributed by atoms with Crippen LogP contribution in [-0.4, -0.2) is 25.9 Å². The molecule has 1 amide bonds. The highest BCUT2D eigenvalue weighted by Gasteiger charge is 2.18. The van der Waals surface area contributed by atoms with E-state index >= 15 is 0 Å². The molecule has 0 unspecified atom stereocenters. The maximum absolute atomic E-state index is 12.1. The molecular formula is C22H27NO4. The number of para-hydroxylation sites is 1. The summed E-state index contributed by atoms with van der Waals surface area (Å²) in [5, 5.41) is 2.91. The van der Waals surface area contributed by atoms with Crippen LogP contribution < -0.4 is 19.5 Å². The summed E-state index contributed by atoms with van der Waals surface area (Å²) in [7, 11) is 0. The first kappa shape index (κ1) is 19.1. The number of ether oxygens (including phenoxy) is 3. The standard InChI is InChI=1S/C22H27NO4/c1-22(2,3)17-6-4-5-7-18(17)25-13-12-23-21(24)11-9-16-8-10-19-20(14-16)27-15-26-19/h4-8,10,14H,9,11-13,15H2,1-3H3,(H,23,24). The largest absolute Gasteiger partial charge is 0.491 e. The Morgan fingerprint density at radius 2 is 1.89 bits per heavy atom. The molecule has 0 radical (unpaired) electrons. The first-order chi connectivity index (χ1) is 12.9. The van der Waals surface area contributed by atoms with Crippen molar-refractivity contribution in [1.29, 1.82) is 0 Å². The van der Waals surface area contributed by atoms with Crippen LogP contribution >= 0.6 is 0 Å². The zero-order valence-corrected chi connectivity index (χ0v) is 16.2. The van der Waals surface area contributed by atoms with Crippen LogP contribution in [0.4, 0.5) is 0 Å². The molecule has 0 aliphatic carbocycles. The Morgan fingerprint density at radius 1 is 1.11 bits per heavy atom. The molecule has 0 spiro atoms. The summed E-state index contributed by atoms with van der Waals surface area (Å²) < 4.78 is 16.5. The van der Waals surface area contributed by atoms with E-state index in [0.29, 0.717) is 26.0 Å². The van der Waals surface area contributed by atoms with Gasteiger partial charge in [-0.3, -0.25) is 4.79 Å². The molecule has 2 aromatic carbocycles. The minimum Gasteiger partial charge on any atom is -0.491 e. The van der Waals surface area contributed by atoms with Crippen LogP contribution in [0.2, 0.25) is 0 Å². The van der Waals surface area contributed by atoms with E-state index in [9.17, 15) is 4.79 Å². The highest BCUT2D eigenvalue weighted by atomic mass is 16.7. The van der Waals surface area contributed by atoms with E-state index < -0.39 is 0 Å². The fraction of sp³-hybridized carbons (Fsp3) is 0.409. The molecule has 27 heavy (non-hydrogen) atoms. The summed E-state index contributed by atoms with van der Waals surface area (Å²) in [5.74, 6) is 2.40. The molecule has 0 saturated carbocycles. The van der Waals surface area contributed by atoms with Crippen molar-refractivity contribution in [2.75, 3.05) is 19.9 Å². The highest BCUT2D eigenvalue weighted by molar-refractivity contribution is 5.76. The number of aryl methyl sites for hydroxylation is 1. The summed E-state index contributed by atoms with van der Waals surface area (Å²) in [6.45, 7) is 7.67. The topological polar surface area (TPSA) is 56.8 Å². The summed E-state index contributed by atoms with van der Waals surface area (Å²) >= 11 is 0. The van der Waals surface area contributed by atoms with Gasteiger partial charge in [0.15, 0.2) is 11.5 Å². The molecule has 1 heterocycles. The molecule has 1 aliphatic rings. The third-order valence-corrected chi connectivity index (χ3v) is 4.45. The lowest BCUT2D eigenvalue weighted by Gasteiger charge is -2.22. The van der Waals surface area contributed by atoms with Crippen LogP contribution in [-0.2, 0) is 16.6 Å². The number of carbonyl (C=O) groups is 1. The minimum atomic E-state index is 0.0142. The Hall–Kier alpha value is -2.69. The summed E-state index contributed by atoms with van der Waals surface area (Å²) in [6, 6.07) is 13.8. The Bertz CT molecular complexity index is 795. The fourth-order valence-corrected chi connectivity index (χ4v) is 3.01. The molecule has 5 heteroatoms. The van der Waals surface area contributed by atoms with Crippen molar-refractivity contribution in [1.82, 2.24) is 5.32 Å². The van der Waals surface area contributed by atoms with E-state index in [1.54, 1.807) is 0 Å². The van der Waals surface area contributed by atoms with Gasteiger partial charge in [-0.2, -0.15) is 0 Å². The fourth-order valence-electron chi connectivity index (χ4n) is 3.01. The van der Waals surface area contributed by atoms with E-state index in [-0.39, 0.29) is 18.1 Å². The van der Waals surface area contributed by atoms with Gasteiger partial charge in [0, 0.05) is 6.42 Å². The van der Waals surface area contributed by atoms with E-state index in [0.717, 1.165) is 22.8 Å². The molecule has 1 N–H and O–H groups in total. The van der Waals surface area contributed by atoms with Gasteiger partial charge in [-0.25, -0.2) is 0 Å². The second kappa shape index (κ2) is 8.33. The quantitative estimate of drug-likeness (QED) is 0.754. The van der Waals surface area contributed by atoms with Crippen molar-refractivity contribution >= 4 is 5.91 Å². The Balaban J connectivity index is 1.40. The smallest absolute Gasteiger partial charge is 0.231 e. The van der Waals surface area contributed by atoms with Crippen molar-refractivity contribution in [3.63, 3.8) is 0 Å². The molecule has 144 valence electrons. The van der Waals surface area contributed by atoms with Crippen molar-refractivity contribution in [2.45, 2.75) is 39.0 Å². The molecule has 0 fully saturated rings. The van der Waals surface area contributed by atoms with Crippen molar-refractivity contribution in [3.8, 4) is 17.2 Å². The predicted octanol–water partition coefficient (Wildman–Crippen LogP) is 3.84. The van der Waals surface area contributed by atoms with E-state index in [4.69, 9.17) is 14.2 Å². The number of hydrogen-bond acceptors (Lipinski definition) is 4. The van der Waals surface area contributed by atoms with Gasteiger partial charge in [0.05, 0.1) is 6.54 Å².